The third kappa shape index (κ3) is 2.25. The van der Waals surface area contributed by atoms with Crippen LogP contribution in [-0.4, -0.2) is 16.4 Å². The number of nitrogens with zero attached hydrogens (tertiary/aromatic N) is 2. The number of rotatable bonds is 2. The zero-order chi connectivity index (χ0) is 9.14. The zero-order valence-corrected chi connectivity index (χ0v) is 7.23. The molecule has 0 aliphatic carbocycles. The molecule has 0 saturated carbocycles. The highest BCUT2D eigenvalue weighted by molar-refractivity contribution is 6.28. The highest BCUT2D eigenvalue weighted by atomic mass is 35.5. The van der Waals surface area contributed by atoms with Crippen LogP contribution in [0.4, 0.5) is 8.78 Å². The maximum Gasteiger partial charge on any atom is 0.258 e. The number of aromatic nitrogens is 2. The van der Waals surface area contributed by atoms with E-state index in [0.29, 0.717) is 0 Å². The summed E-state index contributed by atoms with van der Waals surface area (Å²) in [5, 5.41) is -1.36. The van der Waals surface area contributed by atoms with Crippen molar-refractivity contribution in [2.24, 2.45) is 0 Å². The van der Waals surface area contributed by atoms with Gasteiger partial charge >= 0.3 is 0 Å². The molecule has 0 aromatic carbocycles. The summed E-state index contributed by atoms with van der Waals surface area (Å²) in [5.41, 5.74) is 0.163. The van der Waals surface area contributed by atoms with Crippen LogP contribution in [0.15, 0.2) is 12.4 Å². The van der Waals surface area contributed by atoms with Gasteiger partial charge in [0.1, 0.15) is 5.38 Å². The molecule has 0 N–H and O–H groups in total. The summed E-state index contributed by atoms with van der Waals surface area (Å²) in [4.78, 5) is 7.04. The van der Waals surface area contributed by atoms with Gasteiger partial charge in [0.15, 0.2) is 0 Å². The van der Waals surface area contributed by atoms with E-state index in [2.05, 4.69) is 9.97 Å². The molecule has 66 valence electrons. The van der Waals surface area contributed by atoms with Gasteiger partial charge in [-0.25, -0.2) is 18.7 Å². The minimum atomic E-state index is -2.63. The van der Waals surface area contributed by atoms with Gasteiger partial charge in [0, 0.05) is 18.0 Å². The van der Waals surface area contributed by atoms with Crippen molar-refractivity contribution in [3.63, 3.8) is 0 Å². The molecular formula is C6H4Cl2F2N2. The second kappa shape index (κ2) is 3.96. The van der Waals surface area contributed by atoms with E-state index in [0.717, 1.165) is 0 Å². The molecule has 1 aromatic heterocycles. The fourth-order valence-corrected chi connectivity index (χ4v) is 0.820. The number of hydrogen-bond acceptors (Lipinski definition) is 2. The van der Waals surface area contributed by atoms with Crippen LogP contribution in [-0.2, 0) is 0 Å². The van der Waals surface area contributed by atoms with E-state index >= 15 is 0 Å². The van der Waals surface area contributed by atoms with Crippen molar-refractivity contribution in [1.82, 2.24) is 9.97 Å². The Kier molecular flexibility index (Phi) is 3.17. The van der Waals surface area contributed by atoms with E-state index in [9.17, 15) is 8.78 Å². The molecule has 0 saturated heterocycles. The van der Waals surface area contributed by atoms with Crippen LogP contribution < -0.4 is 0 Å². The van der Waals surface area contributed by atoms with E-state index < -0.39 is 11.8 Å². The summed E-state index contributed by atoms with van der Waals surface area (Å²) in [6.45, 7) is 0. The SMILES string of the molecule is FC(F)C(Cl)c1cnc(Cl)nc1. The Bertz CT molecular complexity index is 252. The van der Waals surface area contributed by atoms with E-state index in [1.54, 1.807) is 0 Å². The Morgan fingerprint density at radius 1 is 1.25 bits per heavy atom. The molecule has 12 heavy (non-hydrogen) atoms. The first-order chi connectivity index (χ1) is 5.61. The lowest BCUT2D eigenvalue weighted by Crippen LogP contribution is -2.02. The van der Waals surface area contributed by atoms with Crippen LogP contribution in [0, 0.1) is 0 Å². The fourth-order valence-electron chi connectivity index (χ4n) is 0.610. The van der Waals surface area contributed by atoms with Crippen molar-refractivity contribution in [1.29, 1.82) is 0 Å². The fraction of sp³-hybridized carbons (Fsp3) is 0.333. The number of hydrogen-bond donors (Lipinski definition) is 0. The Hall–Kier alpha value is -0.480. The van der Waals surface area contributed by atoms with Crippen molar-refractivity contribution in [2.45, 2.75) is 11.8 Å². The van der Waals surface area contributed by atoms with Gasteiger partial charge in [-0.15, -0.1) is 11.6 Å². The van der Waals surface area contributed by atoms with Gasteiger partial charge < -0.3 is 0 Å². The van der Waals surface area contributed by atoms with Crippen molar-refractivity contribution in [3.8, 4) is 0 Å². The van der Waals surface area contributed by atoms with Crippen LogP contribution in [0.25, 0.3) is 0 Å². The normalized spacial score (nSPS) is 13.4. The molecule has 0 spiro atoms. The largest absolute Gasteiger partial charge is 0.258 e. The molecule has 0 amide bonds. The molecule has 0 fully saturated rings. The minimum Gasteiger partial charge on any atom is -0.226 e. The van der Waals surface area contributed by atoms with Crippen LogP contribution in [0.3, 0.4) is 0 Å². The second-order valence-corrected chi connectivity index (χ2v) is 2.83. The Morgan fingerprint density at radius 2 is 1.75 bits per heavy atom. The quantitative estimate of drug-likeness (QED) is 0.557. The summed E-state index contributed by atoms with van der Waals surface area (Å²) in [5.74, 6) is 0. The lowest BCUT2D eigenvalue weighted by Gasteiger charge is -2.06. The molecule has 1 rings (SSSR count). The van der Waals surface area contributed by atoms with Crippen LogP contribution >= 0.6 is 23.2 Å². The van der Waals surface area contributed by atoms with E-state index in [4.69, 9.17) is 23.2 Å². The van der Waals surface area contributed by atoms with Crippen LogP contribution in [0.1, 0.15) is 10.9 Å². The lowest BCUT2D eigenvalue weighted by atomic mass is 10.2. The Morgan fingerprint density at radius 3 is 2.17 bits per heavy atom. The number of halogens is 4. The van der Waals surface area contributed by atoms with Gasteiger partial charge in [0.25, 0.3) is 6.43 Å². The predicted octanol–water partition coefficient (Wildman–Crippen LogP) is 2.68. The molecule has 1 heterocycles. The summed E-state index contributed by atoms with van der Waals surface area (Å²) >= 11 is 10.7. The van der Waals surface area contributed by atoms with Crippen molar-refractivity contribution in [3.05, 3.63) is 23.2 Å². The molecule has 6 heteroatoms. The summed E-state index contributed by atoms with van der Waals surface area (Å²) < 4.78 is 24.0. The molecule has 0 aliphatic heterocycles. The third-order valence-corrected chi connectivity index (χ3v) is 1.82. The first kappa shape index (κ1) is 9.61. The van der Waals surface area contributed by atoms with Crippen molar-refractivity contribution < 1.29 is 8.78 Å². The van der Waals surface area contributed by atoms with Crippen molar-refractivity contribution in [2.75, 3.05) is 0 Å². The summed E-state index contributed by atoms with van der Waals surface area (Å²) in [7, 11) is 0. The smallest absolute Gasteiger partial charge is 0.226 e. The third-order valence-electron chi connectivity index (χ3n) is 1.18. The Labute approximate surface area is 77.5 Å². The number of alkyl halides is 3. The summed E-state index contributed by atoms with van der Waals surface area (Å²) in [6.07, 6.45) is -0.269. The topological polar surface area (TPSA) is 25.8 Å². The lowest BCUT2D eigenvalue weighted by molar-refractivity contribution is 0.142. The molecule has 1 atom stereocenters. The van der Waals surface area contributed by atoms with Gasteiger partial charge in [-0.3, -0.25) is 0 Å². The zero-order valence-electron chi connectivity index (χ0n) is 5.72. The minimum absolute atomic E-state index is 0.0110. The summed E-state index contributed by atoms with van der Waals surface area (Å²) in [6, 6.07) is 0. The first-order valence-electron chi connectivity index (χ1n) is 3.01. The van der Waals surface area contributed by atoms with E-state index in [-0.39, 0.29) is 10.8 Å². The van der Waals surface area contributed by atoms with Gasteiger partial charge in [-0.1, -0.05) is 0 Å². The van der Waals surface area contributed by atoms with Gasteiger partial charge in [0.2, 0.25) is 5.28 Å². The molecule has 0 aliphatic rings. The van der Waals surface area contributed by atoms with Gasteiger partial charge in [-0.2, -0.15) is 0 Å². The molecule has 1 unspecified atom stereocenters. The van der Waals surface area contributed by atoms with E-state index in [1.165, 1.54) is 12.4 Å². The standard InChI is InChI=1S/C6H4Cl2F2N2/c7-4(5(9)10)3-1-11-6(8)12-2-3/h1-2,4-5H. The molecule has 2 nitrogen and oxygen atoms in total. The van der Waals surface area contributed by atoms with E-state index in [1.807, 2.05) is 0 Å². The van der Waals surface area contributed by atoms with Crippen molar-refractivity contribution >= 4 is 23.2 Å². The molecule has 1 aromatic rings. The highest BCUT2D eigenvalue weighted by Crippen LogP contribution is 2.26. The molecule has 0 bridgehead atoms. The molecular weight excluding hydrogens is 209 g/mol. The Balaban J connectivity index is 2.82. The molecule has 0 radical (unpaired) electrons. The second-order valence-electron chi connectivity index (χ2n) is 2.02. The maximum atomic E-state index is 12.0. The monoisotopic (exact) mass is 212 g/mol. The predicted molar refractivity (Wildman–Crippen MR) is 41.6 cm³/mol. The van der Waals surface area contributed by atoms with Gasteiger partial charge in [-0.05, 0) is 11.6 Å². The van der Waals surface area contributed by atoms with Crippen LogP contribution in [0.2, 0.25) is 5.28 Å². The maximum absolute atomic E-state index is 12.0. The highest BCUT2D eigenvalue weighted by Gasteiger charge is 2.19. The first-order valence-corrected chi connectivity index (χ1v) is 3.82. The average molecular weight is 213 g/mol. The van der Waals surface area contributed by atoms with Crippen LogP contribution in [0.5, 0.6) is 0 Å². The average Bonchev–Trinajstić information content (AvgIpc) is 2.04. The van der Waals surface area contributed by atoms with Gasteiger partial charge in [0.05, 0.1) is 0 Å².